The van der Waals surface area contributed by atoms with Crippen LogP contribution in [0.3, 0.4) is 0 Å². The van der Waals surface area contributed by atoms with Gasteiger partial charge in [-0.05, 0) is 19.8 Å². The first-order valence-corrected chi connectivity index (χ1v) is 5.21. The molecule has 6 heteroatoms. The van der Waals surface area contributed by atoms with Crippen molar-refractivity contribution >= 4 is 17.7 Å². The minimum atomic E-state index is -1.46. The Bertz CT molecular complexity index is 298. The number of rotatable bonds is 7. The van der Waals surface area contributed by atoms with Crippen LogP contribution in [0, 0.1) is 5.41 Å². The van der Waals surface area contributed by atoms with Crippen LogP contribution in [0.25, 0.3) is 0 Å². The van der Waals surface area contributed by atoms with Gasteiger partial charge in [0.2, 0.25) is 0 Å². The number of aliphatic hydroxyl groups excluding tert-OH is 1. The average molecular weight is 246 g/mol. The van der Waals surface area contributed by atoms with Crippen molar-refractivity contribution in [2.24, 2.45) is 5.41 Å². The highest BCUT2D eigenvalue weighted by molar-refractivity contribution is 6.02. The molecule has 0 saturated carbocycles. The molecule has 0 heterocycles. The maximum absolute atomic E-state index is 11.7. The van der Waals surface area contributed by atoms with Crippen LogP contribution in [-0.4, -0.2) is 43.7 Å². The average Bonchev–Trinajstić information content (AvgIpc) is 2.32. The summed E-state index contributed by atoms with van der Waals surface area (Å²) in [4.78, 5) is 34.3. The van der Waals surface area contributed by atoms with Gasteiger partial charge < -0.3 is 14.6 Å². The Hall–Kier alpha value is -1.43. The SMILES string of the molecule is COC(=O)CCC(CCO)(C(C)=O)C(=O)OC. The summed E-state index contributed by atoms with van der Waals surface area (Å²) < 4.78 is 9.02. The van der Waals surface area contributed by atoms with Crippen molar-refractivity contribution < 1.29 is 29.0 Å². The number of carbonyl (C=O) groups excluding carboxylic acids is 3. The molecule has 0 rings (SSSR count). The summed E-state index contributed by atoms with van der Waals surface area (Å²) in [5.41, 5.74) is -1.46. The van der Waals surface area contributed by atoms with E-state index in [1.54, 1.807) is 0 Å². The first-order valence-electron chi connectivity index (χ1n) is 5.21. The highest BCUT2D eigenvalue weighted by Crippen LogP contribution is 2.31. The Balaban J connectivity index is 4.97. The van der Waals surface area contributed by atoms with E-state index in [0.29, 0.717) is 0 Å². The van der Waals surface area contributed by atoms with E-state index in [0.717, 1.165) is 7.11 Å². The summed E-state index contributed by atoms with van der Waals surface area (Å²) in [5.74, 6) is -1.68. The molecule has 1 N–H and O–H groups in total. The minimum absolute atomic E-state index is 0.0256. The predicted molar refractivity (Wildman–Crippen MR) is 58.1 cm³/mol. The molecule has 0 fully saturated rings. The monoisotopic (exact) mass is 246 g/mol. The van der Waals surface area contributed by atoms with Crippen LogP contribution in [-0.2, 0) is 23.9 Å². The fourth-order valence-electron chi connectivity index (χ4n) is 1.63. The van der Waals surface area contributed by atoms with E-state index in [1.165, 1.54) is 14.0 Å². The van der Waals surface area contributed by atoms with Crippen molar-refractivity contribution in [3.8, 4) is 0 Å². The van der Waals surface area contributed by atoms with Gasteiger partial charge >= 0.3 is 11.9 Å². The highest BCUT2D eigenvalue weighted by atomic mass is 16.5. The maximum atomic E-state index is 11.7. The summed E-state index contributed by atoms with van der Waals surface area (Å²) in [7, 11) is 2.39. The Labute approximate surface area is 99.9 Å². The van der Waals surface area contributed by atoms with Gasteiger partial charge in [0.05, 0.1) is 14.2 Å². The lowest BCUT2D eigenvalue weighted by Gasteiger charge is -2.27. The third-order valence-corrected chi connectivity index (χ3v) is 2.77. The second-order valence-corrected chi connectivity index (χ2v) is 3.68. The van der Waals surface area contributed by atoms with Gasteiger partial charge in [0.15, 0.2) is 0 Å². The van der Waals surface area contributed by atoms with E-state index < -0.39 is 23.1 Å². The van der Waals surface area contributed by atoms with E-state index in [9.17, 15) is 14.4 Å². The van der Waals surface area contributed by atoms with Crippen molar-refractivity contribution in [2.45, 2.75) is 26.2 Å². The van der Waals surface area contributed by atoms with Gasteiger partial charge in [0.25, 0.3) is 0 Å². The summed E-state index contributed by atoms with van der Waals surface area (Å²) in [6.45, 7) is 0.902. The third kappa shape index (κ3) is 3.81. The van der Waals surface area contributed by atoms with Gasteiger partial charge in [-0.25, -0.2) is 0 Å². The molecule has 0 spiro atoms. The van der Waals surface area contributed by atoms with Crippen LogP contribution in [0.1, 0.15) is 26.2 Å². The van der Waals surface area contributed by atoms with Gasteiger partial charge in [0, 0.05) is 13.0 Å². The lowest BCUT2D eigenvalue weighted by molar-refractivity contribution is -0.160. The Morgan fingerprint density at radius 1 is 1.12 bits per heavy atom. The number of aliphatic hydroxyl groups is 1. The molecule has 0 radical (unpaired) electrons. The topological polar surface area (TPSA) is 89.9 Å². The molecule has 98 valence electrons. The second-order valence-electron chi connectivity index (χ2n) is 3.68. The maximum Gasteiger partial charge on any atom is 0.319 e. The van der Waals surface area contributed by atoms with E-state index in [4.69, 9.17) is 5.11 Å². The van der Waals surface area contributed by atoms with Crippen LogP contribution < -0.4 is 0 Å². The van der Waals surface area contributed by atoms with E-state index in [1.807, 2.05) is 0 Å². The summed E-state index contributed by atoms with van der Waals surface area (Å²) >= 11 is 0. The van der Waals surface area contributed by atoms with Crippen LogP contribution >= 0.6 is 0 Å². The molecule has 0 bridgehead atoms. The van der Waals surface area contributed by atoms with Crippen LogP contribution in [0.5, 0.6) is 0 Å². The van der Waals surface area contributed by atoms with Crippen molar-refractivity contribution in [1.82, 2.24) is 0 Å². The van der Waals surface area contributed by atoms with E-state index in [-0.39, 0.29) is 25.9 Å². The van der Waals surface area contributed by atoms with Crippen LogP contribution in [0.15, 0.2) is 0 Å². The molecule has 0 aromatic heterocycles. The van der Waals surface area contributed by atoms with E-state index >= 15 is 0 Å². The number of hydrogen-bond acceptors (Lipinski definition) is 6. The zero-order valence-corrected chi connectivity index (χ0v) is 10.3. The Kier molecular flexibility index (Phi) is 6.42. The molecular weight excluding hydrogens is 228 g/mol. The first-order chi connectivity index (χ1) is 7.94. The first kappa shape index (κ1) is 15.6. The molecule has 0 amide bonds. The molecule has 0 saturated heterocycles. The number of hydrogen-bond donors (Lipinski definition) is 1. The quantitative estimate of drug-likeness (QED) is 0.505. The molecule has 17 heavy (non-hydrogen) atoms. The lowest BCUT2D eigenvalue weighted by Crippen LogP contribution is -2.40. The highest BCUT2D eigenvalue weighted by Gasteiger charge is 2.44. The van der Waals surface area contributed by atoms with Crippen molar-refractivity contribution in [1.29, 1.82) is 0 Å². The van der Waals surface area contributed by atoms with Gasteiger partial charge in [-0.1, -0.05) is 0 Å². The molecule has 0 aliphatic heterocycles. The van der Waals surface area contributed by atoms with Crippen molar-refractivity contribution in [3.63, 3.8) is 0 Å². The zero-order valence-electron chi connectivity index (χ0n) is 10.3. The molecule has 1 unspecified atom stereocenters. The lowest BCUT2D eigenvalue weighted by atomic mass is 9.77. The molecule has 1 atom stereocenters. The van der Waals surface area contributed by atoms with Crippen LogP contribution in [0.2, 0.25) is 0 Å². The van der Waals surface area contributed by atoms with Gasteiger partial charge in [0.1, 0.15) is 11.2 Å². The summed E-state index contributed by atoms with van der Waals surface area (Å²) in [6, 6.07) is 0. The normalized spacial score (nSPS) is 13.6. The molecular formula is C11H18O6. The second kappa shape index (κ2) is 7.01. The van der Waals surface area contributed by atoms with E-state index in [2.05, 4.69) is 9.47 Å². The number of Topliss-reactive ketones (excluding diaryl/α,β-unsaturated/α-hetero) is 1. The zero-order chi connectivity index (χ0) is 13.5. The van der Waals surface area contributed by atoms with Crippen molar-refractivity contribution in [2.75, 3.05) is 20.8 Å². The van der Waals surface area contributed by atoms with Gasteiger partial charge in [-0.3, -0.25) is 14.4 Å². The fourth-order valence-corrected chi connectivity index (χ4v) is 1.63. The fraction of sp³-hybridized carbons (Fsp3) is 0.727. The third-order valence-electron chi connectivity index (χ3n) is 2.77. The summed E-state index contributed by atoms with van der Waals surface area (Å²) in [5, 5.41) is 8.94. The van der Waals surface area contributed by atoms with Gasteiger partial charge in [-0.2, -0.15) is 0 Å². The van der Waals surface area contributed by atoms with Gasteiger partial charge in [-0.15, -0.1) is 0 Å². The Morgan fingerprint density at radius 2 is 1.71 bits per heavy atom. The minimum Gasteiger partial charge on any atom is -0.469 e. The number of esters is 2. The molecule has 0 aliphatic carbocycles. The number of ether oxygens (including phenoxy) is 2. The number of carbonyl (C=O) groups is 3. The number of methoxy groups -OCH3 is 2. The molecule has 0 aromatic carbocycles. The molecule has 0 aromatic rings. The summed E-state index contributed by atoms with van der Waals surface area (Å²) in [6.07, 6.45) is -0.167. The standard InChI is InChI=1S/C11H18O6/c1-8(13)11(6-7-12,10(15)17-3)5-4-9(14)16-2/h12H,4-7H2,1-3H3. The van der Waals surface area contributed by atoms with Crippen molar-refractivity contribution in [3.05, 3.63) is 0 Å². The largest absolute Gasteiger partial charge is 0.469 e. The predicted octanol–water partition coefficient (Wildman–Crippen LogP) is 0.0704. The molecule has 0 aliphatic rings. The Morgan fingerprint density at radius 3 is 2.06 bits per heavy atom. The smallest absolute Gasteiger partial charge is 0.319 e. The van der Waals surface area contributed by atoms with Crippen LogP contribution in [0.4, 0.5) is 0 Å². The number of ketones is 1. The molecule has 6 nitrogen and oxygen atoms in total.